The maximum Gasteiger partial charge on any atom is 0.270 e. The molecule has 8 rings (SSSR count). The summed E-state index contributed by atoms with van der Waals surface area (Å²) in [7, 11) is 0. The molecule has 0 unspecified atom stereocenters. The first-order valence-corrected chi connectivity index (χ1v) is 18.5. The number of rotatable bonds is 12. The van der Waals surface area contributed by atoms with Crippen LogP contribution in [0.3, 0.4) is 0 Å². The lowest BCUT2D eigenvalue weighted by atomic mass is 9.71. The third kappa shape index (κ3) is 6.54. The molecule has 6 heteroatoms. The van der Waals surface area contributed by atoms with Crippen LogP contribution in [-0.4, -0.2) is 32.4 Å². The number of nitrogens with zero attached hydrogens (tertiary/aromatic N) is 1. The molecule has 0 fully saturated rings. The molecule has 7 aromatic rings. The summed E-state index contributed by atoms with van der Waals surface area (Å²) < 4.78 is 0. The zero-order valence-corrected chi connectivity index (χ0v) is 30.1. The monoisotopic (exact) mass is 704 g/mol. The molecule has 0 saturated heterocycles. The molecule has 1 atom stereocenters. The molecule has 264 valence electrons. The van der Waals surface area contributed by atoms with Crippen molar-refractivity contribution in [2.45, 2.75) is 31.6 Å². The molecule has 1 aliphatic rings. The Bertz CT molecular complexity index is 2610. The summed E-state index contributed by atoms with van der Waals surface area (Å²) in [4.78, 5) is 41.4. The molecule has 6 nitrogen and oxygen atoms in total. The number of hydrogen-bond acceptors (Lipinski definition) is 2. The minimum absolute atomic E-state index is 0.0381. The van der Waals surface area contributed by atoms with Gasteiger partial charge in [-0.05, 0) is 65.6 Å². The first-order valence-electron chi connectivity index (χ1n) is 18.5. The minimum Gasteiger partial charge on any atom is -0.357 e. The summed E-state index contributed by atoms with van der Waals surface area (Å²) >= 11 is 0. The molecule has 0 saturated carbocycles. The Morgan fingerprint density at radius 3 is 1.65 bits per heavy atom. The van der Waals surface area contributed by atoms with E-state index in [1.165, 1.54) is 6.08 Å². The van der Waals surface area contributed by atoms with Crippen LogP contribution >= 0.6 is 0 Å². The summed E-state index contributed by atoms with van der Waals surface area (Å²) in [5, 5.41) is 1.78. The fraction of sp³-hybridized carbons (Fsp3) is 0.104. The van der Waals surface area contributed by atoms with Crippen LogP contribution in [0.2, 0.25) is 0 Å². The maximum absolute atomic E-state index is 13.6. The molecule has 4 aromatic carbocycles. The number of amides is 1. The average Bonchev–Trinajstić information content (AvgIpc) is 4.07. The Morgan fingerprint density at radius 2 is 1.07 bits per heavy atom. The number of unbranched alkanes of at least 4 members (excludes halogenated alkanes) is 1. The van der Waals surface area contributed by atoms with Crippen LogP contribution in [0.15, 0.2) is 175 Å². The number of ketones is 1. The van der Waals surface area contributed by atoms with Gasteiger partial charge in [0.1, 0.15) is 0 Å². The molecule has 3 aromatic heterocycles. The molecule has 4 heterocycles. The van der Waals surface area contributed by atoms with E-state index < -0.39 is 5.41 Å². The summed E-state index contributed by atoms with van der Waals surface area (Å²) in [6.45, 7) is 2.21. The summed E-state index contributed by atoms with van der Waals surface area (Å²) in [6, 6.07) is 52.9. The van der Waals surface area contributed by atoms with Crippen molar-refractivity contribution >= 4 is 28.5 Å². The smallest absolute Gasteiger partial charge is 0.270 e. The minimum atomic E-state index is -0.596. The van der Waals surface area contributed by atoms with Crippen molar-refractivity contribution in [3.8, 4) is 0 Å². The standard InChI is InChI=1S/C48H40N4O2/c1-2-3-32-48(36-22-14-7-15-23-36,43-30-27-41(51-43)47(54)35-20-12-6-13-21-35)42-29-26-39(50-42)45(33-16-8-4-9-17-33)37-24-25-38(49-37)46(34-18-10-5-11-19-34)40-28-31-44(53)52-40/h4-31,49-51H,2-3,32H2,1H3/t48-/m0/s1. The van der Waals surface area contributed by atoms with E-state index in [0.29, 0.717) is 17.0 Å². The number of allylic oxidation sites excluding steroid dienone is 1. The Kier molecular flexibility index (Phi) is 9.56. The lowest BCUT2D eigenvalue weighted by Gasteiger charge is -2.33. The molecule has 0 bridgehead atoms. The fourth-order valence-corrected chi connectivity index (χ4v) is 7.62. The summed E-state index contributed by atoms with van der Waals surface area (Å²) in [6.07, 6.45) is 6.09. The van der Waals surface area contributed by atoms with Crippen LogP contribution in [0.25, 0.3) is 11.1 Å². The van der Waals surface area contributed by atoms with Gasteiger partial charge in [0, 0.05) is 50.6 Å². The second kappa shape index (κ2) is 15.1. The first kappa shape index (κ1) is 34.3. The predicted molar refractivity (Wildman–Crippen MR) is 216 cm³/mol. The van der Waals surface area contributed by atoms with E-state index >= 15 is 0 Å². The molecule has 54 heavy (non-hydrogen) atoms. The SMILES string of the molecule is CCCC[C@@](c1ccccc1)(c1ccc(C(=O)c2ccccc2)[nH]1)c1ccc(C(c2ccccc2)=c2ccc(=C(C3=NC(=O)C=C3)c3ccccc3)[nH]2)[nH]1. The van der Waals surface area contributed by atoms with Gasteiger partial charge < -0.3 is 15.0 Å². The number of benzene rings is 4. The third-order valence-electron chi connectivity index (χ3n) is 10.2. The number of aromatic nitrogens is 3. The van der Waals surface area contributed by atoms with Crippen LogP contribution in [0.5, 0.6) is 0 Å². The number of aliphatic imine (C=N–C) groups is 1. The molecule has 1 amide bonds. The van der Waals surface area contributed by atoms with Crippen molar-refractivity contribution in [2.24, 2.45) is 4.99 Å². The van der Waals surface area contributed by atoms with Gasteiger partial charge in [0.15, 0.2) is 0 Å². The normalized spacial score (nSPS) is 14.8. The van der Waals surface area contributed by atoms with E-state index in [4.69, 9.17) is 0 Å². The highest BCUT2D eigenvalue weighted by molar-refractivity contribution is 6.34. The van der Waals surface area contributed by atoms with Gasteiger partial charge in [-0.2, -0.15) is 0 Å². The van der Waals surface area contributed by atoms with Gasteiger partial charge >= 0.3 is 0 Å². The number of aromatic amines is 3. The average molecular weight is 705 g/mol. The van der Waals surface area contributed by atoms with Crippen molar-refractivity contribution < 1.29 is 9.59 Å². The van der Waals surface area contributed by atoms with Crippen molar-refractivity contribution in [3.63, 3.8) is 0 Å². The van der Waals surface area contributed by atoms with Crippen molar-refractivity contribution in [2.75, 3.05) is 0 Å². The molecule has 0 aliphatic carbocycles. The highest BCUT2D eigenvalue weighted by Gasteiger charge is 2.39. The van der Waals surface area contributed by atoms with Crippen LogP contribution in [0.4, 0.5) is 0 Å². The van der Waals surface area contributed by atoms with Gasteiger partial charge in [0.05, 0.1) is 16.8 Å². The highest BCUT2D eigenvalue weighted by Crippen LogP contribution is 2.43. The molecule has 0 radical (unpaired) electrons. The van der Waals surface area contributed by atoms with Gasteiger partial charge in [-0.1, -0.05) is 141 Å². The number of carbonyl (C=O) groups excluding carboxylic acids is 2. The van der Waals surface area contributed by atoms with Crippen LogP contribution in [-0.2, 0) is 10.2 Å². The van der Waals surface area contributed by atoms with Crippen LogP contribution in [0.1, 0.15) is 76.0 Å². The maximum atomic E-state index is 13.6. The van der Waals surface area contributed by atoms with Gasteiger partial charge in [0.25, 0.3) is 5.91 Å². The van der Waals surface area contributed by atoms with E-state index in [-0.39, 0.29) is 11.7 Å². The van der Waals surface area contributed by atoms with Crippen molar-refractivity contribution in [1.82, 2.24) is 15.0 Å². The van der Waals surface area contributed by atoms with E-state index in [1.54, 1.807) is 6.08 Å². The third-order valence-corrected chi connectivity index (χ3v) is 10.2. The molecule has 1 aliphatic heterocycles. The largest absolute Gasteiger partial charge is 0.357 e. The van der Waals surface area contributed by atoms with Gasteiger partial charge in [-0.3, -0.25) is 9.59 Å². The molecular weight excluding hydrogens is 665 g/mol. The van der Waals surface area contributed by atoms with Crippen LogP contribution < -0.4 is 10.7 Å². The second-order valence-electron chi connectivity index (χ2n) is 13.6. The lowest BCUT2D eigenvalue weighted by Crippen LogP contribution is -2.31. The summed E-state index contributed by atoms with van der Waals surface area (Å²) in [5.41, 5.74) is 9.18. The zero-order chi connectivity index (χ0) is 36.9. The molecular formula is C48H40N4O2. The molecule has 3 N–H and O–H groups in total. The molecule has 0 spiro atoms. The number of carbonyl (C=O) groups is 2. The predicted octanol–water partition coefficient (Wildman–Crippen LogP) is 8.41. The van der Waals surface area contributed by atoms with Gasteiger partial charge in [-0.15, -0.1) is 0 Å². The van der Waals surface area contributed by atoms with Crippen molar-refractivity contribution in [1.29, 1.82) is 0 Å². The quantitative estimate of drug-likeness (QED) is 0.112. The van der Waals surface area contributed by atoms with Crippen LogP contribution in [0, 0.1) is 0 Å². The Morgan fingerprint density at radius 1 is 0.556 bits per heavy atom. The Balaban J connectivity index is 1.33. The van der Waals surface area contributed by atoms with E-state index in [2.05, 4.69) is 93.6 Å². The summed E-state index contributed by atoms with van der Waals surface area (Å²) in [5.74, 6) is -0.298. The lowest BCUT2D eigenvalue weighted by molar-refractivity contribution is -0.113. The second-order valence-corrected chi connectivity index (χ2v) is 13.6. The zero-order valence-electron chi connectivity index (χ0n) is 30.1. The number of nitrogens with one attached hydrogen (secondary N) is 3. The van der Waals surface area contributed by atoms with E-state index in [9.17, 15) is 9.59 Å². The van der Waals surface area contributed by atoms with E-state index in [1.807, 2.05) is 91.0 Å². The van der Waals surface area contributed by atoms with Gasteiger partial charge in [-0.25, -0.2) is 4.99 Å². The highest BCUT2D eigenvalue weighted by atomic mass is 16.1. The first-order chi connectivity index (χ1) is 26.5. The number of hydrogen-bond donors (Lipinski definition) is 3. The fourth-order valence-electron chi connectivity index (χ4n) is 7.62. The Hall–Kier alpha value is -6.79. The van der Waals surface area contributed by atoms with Crippen molar-refractivity contribution in [3.05, 3.63) is 226 Å². The number of H-pyrrole nitrogens is 3. The van der Waals surface area contributed by atoms with Gasteiger partial charge in [0.2, 0.25) is 5.78 Å². The topological polar surface area (TPSA) is 93.9 Å². The van der Waals surface area contributed by atoms with E-state index in [0.717, 1.165) is 74.9 Å². The Labute approximate surface area is 314 Å².